The van der Waals surface area contributed by atoms with Crippen LogP contribution in [0.15, 0.2) is 72.8 Å². The maximum Gasteiger partial charge on any atom is 0.238 e. The first-order valence-corrected chi connectivity index (χ1v) is 9.50. The summed E-state index contributed by atoms with van der Waals surface area (Å²) in [5, 5.41) is 11.5. The minimum absolute atomic E-state index is 0.122. The molecule has 3 N–H and O–H groups in total. The molecule has 3 aromatic carbocycles. The van der Waals surface area contributed by atoms with Crippen LogP contribution in [-0.4, -0.2) is 17.9 Å². The van der Waals surface area contributed by atoms with Crippen molar-refractivity contribution in [2.24, 2.45) is 0 Å². The van der Waals surface area contributed by atoms with Crippen molar-refractivity contribution in [2.45, 2.75) is 31.6 Å². The Hall–Kier alpha value is -3.18. The smallest absolute Gasteiger partial charge is 0.238 e. The summed E-state index contributed by atoms with van der Waals surface area (Å²) in [6.07, 6.45) is -0.247. The lowest BCUT2D eigenvalue weighted by atomic mass is 9.99. The molecular weight excluding hydrogens is 350 g/mol. The predicted octanol–water partition coefficient (Wildman–Crippen LogP) is 3.19. The van der Waals surface area contributed by atoms with Crippen molar-refractivity contribution in [3.05, 3.63) is 83.9 Å². The van der Waals surface area contributed by atoms with Crippen molar-refractivity contribution in [3.63, 3.8) is 0 Å². The second-order valence-electron chi connectivity index (χ2n) is 7.13. The number of hydrogen-bond donors (Lipinski definition) is 3. The SMILES string of the molecule is C[C@@H](NC(=O)C1CC(=O)NC(c2ccccc2)N1)c1cccc2ccccc12. The van der Waals surface area contributed by atoms with Gasteiger partial charge in [0.25, 0.3) is 0 Å². The number of benzene rings is 3. The Morgan fingerprint density at radius 2 is 1.71 bits per heavy atom. The van der Waals surface area contributed by atoms with Crippen molar-refractivity contribution in [2.75, 3.05) is 0 Å². The van der Waals surface area contributed by atoms with Gasteiger partial charge in [0.05, 0.1) is 18.5 Å². The maximum atomic E-state index is 12.9. The van der Waals surface area contributed by atoms with Gasteiger partial charge in [0.2, 0.25) is 11.8 Å². The van der Waals surface area contributed by atoms with E-state index in [0.717, 1.165) is 21.9 Å². The van der Waals surface area contributed by atoms with Gasteiger partial charge in [0.15, 0.2) is 0 Å². The largest absolute Gasteiger partial charge is 0.348 e. The number of hydrogen-bond acceptors (Lipinski definition) is 3. The summed E-state index contributed by atoms with van der Waals surface area (Å²) in [6.45, 7) is 1.97. The molecule has 0 spiro atoms. The van der Waals surface area contributed by atoms with Gasteiger partial charge < -0.3 is 10.6 Å². The van der Waals surface area contributed by atoms with Crippen LogP contribution >= 0.6 is 0 Å². The van der Waals surface area contributed by atoms with E-state index in [2.05, 4.69) is 34.1 Å². The molecule has 2 unspecified atom stereocenters. The Bertz CT molecular complexity index is 998. The van der Waals surface area contributed by atoms with Crippen LogP contribution in [0.1, 0.15) is 36.7 Å². The Morgan fingerprint density at radius 3 is 2.54 bits per heavy atom. The van der Waals surface area contributed by atoms with Crippen molar-refractivity contribution >= 4 is 22.6 Å². The van der Waals surface area contributed by atoms with E-state index in [1.807, 2.05) is 61.5 Å². The lowest BCUT2D eigenvalue weighted by molar-refractivity contribution is -0.132. The molecular formula is C23H23N3O2. The van der Waals surface area contributed by atoms with Gasteiger partial charge in [0, 0.05) is 0 Å². The third kappa shape index (κ3) is 3.75. The molecule has 0 saturated carbocycles. The molecule has 2 amide bonds. The molecule has 0 aromatic heterocycles. The quantitative estimate of drug-likeness (QED) is 0.658. The van der Waals surface area contributed by atoms with Gasteiger partial charge in [-0.25, -0.2) is 0 Å². The number of carbonyl (C=O) groups is 2. The van der Waals surface area contributed by atoms with Gasteiger partial charge in [-0.1, -0.05) is 72.8 Å². The van der Waals surface area contributed by atoms with Gasteiger partial charge in [-0.2, -0.15) is 0 Å². The summed E-state index contributed by atoms with van der Waals surface area (Å²) in [5.74, 6) is -0.304. The molecule has 1 aliphatic heterocycles. The fourth-order valence-electron chi connectivity index (χ4n) is 3.72. The molecule has 1 aliphatic rings. The van der Waals surface area contributed by atoms with Crippen molar-refractivity contribution in [1.29, 1.82) is 0 Å². The first-order chi connectivity index (χ1) is 13.6. The van der Waals surface area contributed by atoms with Gasteiger partial charge in [-0.15, -0.1) is 0 Å². The Balaban J connectivity index is 1.50. The van der Waals surface area contributed by atoms with Gasteiger partial charge in [0.1, 0.15) is 6.17 Å². The zero-order valence-corrected chi connectivity index (χ0v) is 15.7. The highest BCUT2D eigenvalue weighted by Crippen LogP contribution is 2.24. The van der Waals surface area contributed by atoms with E-state index in [9.17, 15) is 9.59 Å². The molecule has 1 saturated heterocycles. The van der Waals surface area contributed by atoms with E-state index in [1.54, 1.807) is 0 Å². The zero-order valence-electron chi connectivity index (χ0n) is 15.7. The van der Waals surface area contributed by atoms with Crippen LogP contribution in [-0.2, 0) is 9.59 Å². The van der Waals surface area contributed by atoms with Crippen LogP contribution in [0.25, 0.3) is 10.8 Å². The topological polar surface area (TPSA) is 70.2 Å². The van der Waals surface area contributed by atoms with Gasteiger partial charge in [-0.3, -0.25) is 14.9 Å². The molecule has 4 rings (SSSR count). The molecule has 5 nitrogen and oxygen atoms in total. The summed E-state index contributed by atoms with van der Waals surface area (Å²) in [4.78, 5) is 25.0. The second-order valence-corrected chi connectivity index (χ2v) is 7.13. The van der Waals surface area contributed by atoms with E-state index in [4.69, 9.17) is 0 Å². The zero-order chi connectivity index (χ0) is 19.5. The lowest BCUT2D eigenvalue weighted by Crippen LogP contribution is -2.56. The molecule has 0 radical (unpaired) electrons. The highest BCUT2D eigenvalue weighted by atomic mass is 16.2. The molecule has 3 atom stereocenters. The first kappa shape index (κ1) is 18.2. The summed E-state index contributed by atoms with van der Waals surface area (Å²) >= 11 is 0. The number of amides is 2. The van der Waals surface area contributed by atoms with Crippen LogP contribution in [0, 0.1) is 0 Å². The Kier molecular flexibility index (Phi) is 5.08. The summed E-state index contributed by atoms with van der Waals surface area (Å²) < 4.78 is 0. The highest BCUT2D eigenvalue weighted by molar-refractivity contribution is 5.91. The highest BCUT2D eigenvalue weighted by Gasteiger charge is 2.32. The first-order valence-electron chi connectivity index (χ1n) is 9.50. The monoisotopic (exact) mass is 373 g/mol. The molecule has 1 heterocycles. The van der Waals surface area contributed by atoms with Crippen LogP contribution < -0.4 is 16.0 Å². The van der Waals surface area contributed by atoms with Crippen molar-refractivity contribution in [3.8, 4) is 0 Å². The third-order valence-electron chi connectivity index (χ3n) is 5.16. The summed E-state index contributed by atoms with van der Waals surface area (Å²) in [5.41, 5.74) is 1.99. The minimum Gasteiger partial charge on any atom is -0.348 e. The number of rotatable bonds is 4. The Morgan fingerprint density at radius 1 is 1.00 bits per heavy atom. The summed E-state index contributed by atoms with van der Waals surface area (Å²) in [6, 6.07) is 23.1. The normalized spacial score (nSPS) is 20.4. The number of fused-ring (bicyclic) bond motifs is 1. The molecule has 5 heteroatoms. The van der Waals surface area contributed by atoms with Crippen LogP contribution in [0.2, 0.25) is 0 Å². The molecule has 28 heavy (non-hydrogen) atoms. The van der Waals surface area contributed by atoms with E-state index in [-0.39, 0.29) is 30.4 Å². The molecule has 3 aromatic rings. The van der Waals surface area contributed by atoms with Gasteiger partial charge >= 0.3 is 0 Å². The minimum atomic E-state index is -0.573. The van der Waals surface area contributed by atoms with Crippen molar-refractivity contribution < 1.29 is 9.59 Å². The standard InChI is InChI=1S/C23H23N3O2/c1-15(18-13-7-11-16-8-5-6-12-19(16)18)24-23(28)20-14-21(27)26-22(25-20)17-9-3-2-4-10-17/h2-13,15,20,22,25H,14H2,1H3,(H,24,28)(H,26,27)/t15-,20?,22?/m1/s1. The van der Waals surface area contributed by atoms with E-state index in [1.165, 1.54) is 0 Å². The number of carbonyl (C=O) groups excluding carboxylic acids is 2. The molecule has 142 valence electrons. The van der Waals surface area contributed by atoms with Crippen LogP contribution in [0.3, 0.4) is 0 Å². The van der Waals surface area contributed by atoms with E-state index >= 15 is 0 Å². The Labute approximate surface area is 164 Å². The average Bonchev–Trinajstić information content (AvgIpc) is 2.73. The number of nitrogens with one attached hydrogen (secondary N) is 3. The molecule has 0 aliphatic carbocycles. The van der Waals surface area contributed by atoms with E-state index in [0.29, 0.717) is 0 Å². The fourth-order valence-corrected chi connectivity index (χ4v) is 3.72. The predicted molar refractivity (Wildman–Crippen MR) is 109 cm³/mol. The van der Waals surface area contributed by atoms with Crippen molar-refractivity contribution in [1.82, 2.24) is 16.0 Å². The fraction of sp³-hybridized carbons (Fsp3) is 0.217. The van der Waals surface area contributed by atoms with E-state index < -0.39 is 6.04 Å². The molecule has 0 bridgehead atoms. The second kappa shape index (κ2) is 7.82. The summed E-state index contributed by atoms with van der Waals surface area (Å²) in [7, 11) is 0. The van der Waals surface area contributed by atoms with Gasteiger partial charge in [-0.05, 0) is 28.8 Å². The van der Waals surface area contributed by atoms with Crippen LogP contribution in [0.4, 0.5) is 0 Å². The third-order valence-corrected chi connectivity index (χ3v) is 5.16. The molecule has 1 fully saturated rings. The van der Waals surface area contributed by atoms with Crippen LogP contribution in [0.5, 0.6) is 0 Å². The average molecular weight is 373 g/mol. The lowest BCUT2D eigenvalue weighted by Gasteiger charge is -2.32. The maximum absolute atomic E-state index is 12.9.